The summed E-state index contributed by atoms with van der Waals surface area (Å²) in [5, 5.41) is 3.23. The normalized spacial score (nSPS) is 18.6. The van der Waals surface area contributed by atoms with Gasteiger partial charge in [-0.15, -0.1) is 0 Å². The third kappa shape index (κ3) is 3.11. The van der Waals surface area contributed by atoms with Gasteiger partial charge in [-0.2, -0.15) is 0 Å². The van der Waals surface area contributed by atoms with Gasteiger partial charge in [-0.3, -0.25) is 4.79 Å². The average molecular weight is 266 g/mol. The molecule has 1 aliphatic heterocycles. The van der Waals surface area contributed by atoms with Gasteiger partial charge in [0.1, 0.15) is 5.82 Å². The molecule has 0 radical (unpaired) electrons. The number of carbonyl (C=O) groups excluding carboxylic acids is 1. The number of hydrogen-bond acceptors (Lipinski definition) is 3. The second kappa shape index (κ2) is 6.12. The van der Waals surface area contributed by atoms with E-state index in [1.54, 1.807) is 18.0 Å². The Morgan fingerprint density at radius 2 is 2.37 bits per heavy atom. The number of hydrogen-bond donors (Lipinski definition) is 1. The van der Waals surface area contributed by atoms with Gasteiger partial charge in [0.15, 0.2) is 0 Å². The molecule has 104 valence electrons. The number of rotatable bonds is 4. The molecule has 0 bridgehead atoms. The van der Waals surface area contributed by atoms with Gasteiger partial charge in [0.05, 0.1) is 6.61 Å². The Bertz CT molecular complexity index is 459. The summed E-state index contributed by atoms with van der Waals surface area (Å²) < 4.78 is 18.4. The number of nitrogens with one attached hydrogen (secondary N) is 1. The Hall–Kier alpha value is -1.46. The van der Waals surface area contributed by atoms with Crippen molar-refractivity contribution in [2.75, 3.05) is 27.2 Å². The lowest BCUT2D eigenvalue weighted by atomic mass is 10.1. The van der Waals surface area contributed by atoms with E-state index in [4.69, 9.17) is 4.74 Å². The first-order valence-corrected chi connectivity index (χ1v) is 6.38. The molecule has 0 spiro atoms. The highest BCUT2D eigenvalue weighted by Crippen LogP contribution is 2.15. The van der Waals surface area contributed by atoms with Crippen LogP contribution in [0.15, 0.2) is 18.2 Å². The summed E-state index contributed by atoms with van der Waals surface area (Å²) in [4.78, 5) is 14.1. The van der Waals surface area contributed by atoms with Crippen molar-refractivity contribution in [3.8, 4) is 0 Å². The fourth-order valence-corrected chi connectivity index (χ4v) is 2.31. The van der Waals surface area contributed by atoms with E-state index in [-0.39, 0.29) is 24.4 Å². The van der Waals surface area contributed by atoms with Crippen LogP contribution in [0.2, 0.25) is 0 Å². The van der Waals surface area contributed by atoms with E-state index in [9.17, 15) is 9.18 Å². The van der Waals surface area contributed by atoms with Gasteiger partial charge < -0.3 is 15.0 Å². The van der Waals surface area contributed by atoms with Crippen LogP contribution < -0.4 is 5.32 Å². The number of carbonyl (C=O) groups is 1. The molecule has 1 aromatic rings. The molecule has 0 aromatic heterocycles. The summed E-state index contributed by atoms with van der Waals surface area (Å²) in [6, 6.07) is 4.63. The van der Waals surface area contributed by atoms with Crippen molar-refractivity contribution in [3.63, 3.8) is 0 Å². The third-order valence-electron chi connectivity index (χ3n) is 3.49. The van der Waals surface area contributed by atoms with Crippen LogP contribution in [0.1, 0.15) is 22.3 Å². The van der Waals surface area contributed by atoms with Crippen molar-refractivity contribution in [3.05, 3.63) is 35.1 Å². The van der Waals surface area contributed by atoms with Gasteiger partial charge in [-0.25, -0.2) is 4.39 Å². The summed E-state index contributed by atoms with van der Waals surface area (Å²) in [7, 11) is 3.30. The van der Waals surface area contributed by atoms with Crippen LogP contribution in [0, 0.1) is 5.82 Å². The number of nitrogens with zero attached hydrogens (tertiary/aromatic N) is 1. The minimum Gasteiger partial charge on any atom is -0.380 e. The quantitative estimate of drug-likeness (QED) is 0.896. The van der Waals surface area contributed by atoms with Gasteiger partial charge in [-0.05, 0) is 31.2 Å². The van der Waals surface area contributed by atoms with Gasteiger partial charge in [0.2, 0.25) is 0 Å². The number of halogens is 1. The van der Waals surface area contributed by atoms with Crippen LogP contribution in [0.3, 0.4) is 0 Å². The Kier molecular flexibility index (Phi) is 4.50. The molecule has 0 aliphatic carbocycles. The van der Waals surface area contributed by atoms with Crippen LogP contribution in [0.25, 0.3) is 0 Å². The molecule has 1 saturated heterocycles. The van der Waals surface area contributed by atoms with Crippen molar-refractivity contribution in [2.45, 2.75) is 19.1 Å². The Balaban J connectivity index is 2.16. The monoisotopic (exact) mass is 266 g/mol. The molecular weight excluding hydrogens is 247 g/mol. The lowest BCUT2D eigenvalue weighted by Gasteiger charge is -2.24. The van der Waals surface area contributed by atoms with E-state index >= 15 is 0 Å². The van der Waals surface area contributed by atoms with Crippen molar-refractivity contribution < 1.29 is 13.9 Å². The number of benzene rings is 1. The van der Waals surface area contributed by atoms with Crippen molar-refractivity contribution in [1.29, 1.82) is 0 Å². The maximum atomic E-state index is 13.5. The van der Waals surface area contributed by atoms with Gasteiger partial charge in [0, 0.05) is 37.9 Å². The van der Waals surface area contributed by atoms with Gasteiger partial charge >= 0.3 is 0 Å². The smallest absolute Gasteiger partial charge is 0.253 e. The lowest BCUT2D eigenvalue weighted by Crippen LogP contribution is -2.38. The summed E-state index contributed by atoms with van der Waals surface area (Å²) >= 11 is 0. The first-order valence-electron chi connectivity index (χ1n) is 6.38. The zero-order valence-corrected chi connectivity index (χ0v) is 11.3. The minimum absolute atomic E-state index is 0.0777. The van der Waals surface area contributed by atoms with Crippen molar-refractivity contribution in [1.82, 2.24) is 10.2 Å². The molecule has 1 N–H and O–H groups in total. The molecule has 4 nitrogen and oxygen atoms in total. The van der Waals surface area contributed by atoms with Crippen LogP contribution in [0.5, 0.6) is 0 Å². The molecule has 1 atom stereocenters. The molecule has 2 rings (SSSR count). The molecule has 1 aromatic carbocycles. The standard InChI is InChI=1S/C14H19FN2O2/c1-17(12-5-6-16-8-12)14(18)10-3-4-13(15)11(7-10)9-19-2/h3-4,7,12,16H,5-6,8-9H2,1-2H3/t12-/m1/s1. The first kappa shape index (κ1) is 14.0. The highest BCUT2D eigenvalue weighted by molar-refractivity contribution is 5.94. The maximum Gasteiger partial charge on any atom is 0.253 e. The van der Waals surface area contributed by atoms with Crippen molar-refractivity contribution in [2.24, 2.45) is 0 Å². The second-order valence-corrected chi connectivity index (χ2v) is 4.80. The minimum atomic E-state index is -0.344. The van der Waals surface area contributed by atoms with Crippen molar-refractivity contribution >= 4 is 5.91 Å². The second-order valence-electron chi connectivity index (χ2n) is 4.80. The fraction of sp³-hybridized carbons (Fsp3) is 0.500. The molecule has 1 fully saturated rings. The Labute approximate surface area is 112 Å². The molecular formula is C14H19FN2O2. The number of methoxy groups -OCH3 is 1. The van der Waals surface area contributed by atoms with Crippen LogP contribution in [-0.4, -0.2) is 44.1 Å². The fourth-order valence-electron chi connectivity index (χ4n) is 2.31. The molecule has 1 amide bonds. The van der Waals surface area contributed by atoms with E-state index in [0.29, 0.717) is 11.1 Å². The molecule has 5 heteroatoms. The largest absolute Gasteiger partial charge is 0.380 e. The Morgan fingerprint density at radius 3 is 3.00 bits per heavy atom. The molecule has 0 unspecified atom stereocenters. The Morgan fingerprint density at radius 1 is 1.58 bits per heavy atom. The predicted molar refractivity (Wildman–Crippen MR) is 70.5 cm³/mol. The summed E-state index contributed by atoms with van der Waals surface area (Å²) in [5.41, 5.74) is 0.911. The maximum absolute atomic E-state index is 13.5. The molecule has 1 heterocycles. The van der Waals surface area contributed by atoms with Gasteiger partial charge in [-0.1, -0.05) is 0 Å². The lowest BCUT2D eigenvalue weighted by molar-refractivity contribution is 0.0743. The SMILES string of the molecule is COCc1cc(C(=O)N(C)[C@@H]2CCNC2)ccc1F. The van der Waals surface area contributed by atoms with E-state index in [2.05, 4.69) is 5.32 Å². The van der Waals surface area contributed by atoms with E-state index in [1.807, 2.05) is 0 Å². The molecule has 1 aliphatic rings. The molecule has 0 saturated carbocycles. The number of likely N-dealkylation sites (N-methyl/N-ethyl adjacent to an activating group) is 1. The van der Waals surface area contributed by atoms with Crippen LogP contribution in [0.4, 0.5) is 4.39 Å². The number of ether oxygens (including phenoxy) is 1. The van der Waals surface area contributed by atoms with E-state index in [0.717, 1.165) is 19.5 Å². The van der Waals surface area contributed by atoms with Crippen LogP contribution >= 0.6 is 0 Å². The molecule has 19 heavy (non-hydrogen) atoms. The van der Waals surface area contributed by atoms with Gasteiger partial charge in [0.25, 0.3) is 5.91 Å². The summed E-state index contributed by atoms with van der Waals surface area (Å²) in [6.45, 7) is 1.91. The highest BCUT2D eigenvalue weighted by atomic mass is 19.1. The highest BCUT2D eigenvalue weighted by Gasteiger charge is 2.24. The first-order chi connectivity index (χ1) is 9.13. The van der Waals surface area contributed by atoms with E-state index in [1.165, 1.54) is 19.2 Å². The zero-order chi connectivity index (χ0) is 13.8. The van der Waals surface area contributed by atoms with Crippen LogP contribution in [-0.2, 0) is 11.3 Å². The average Bonchev–Trinajstić information content (AvgIpc) is 2.94. The predicted octanol–water partition coefficient (Wildman–Crippen LogP) is 1.41. The summed E-state index contributed by atoms with van der Waals surface area (Å²) in [6.07, 6.45) is 0.953. The summed E-state index contributed by atoms with van der Waals surface area (Å²) in [5.74, 6) is -0.422. The van der Waals surface area contributed by atoms with E-state index < -0.39 is 0 Å². The number of amides is 1. The third-order valence-corrected chi connectivity index (χ3v) is 3.49. The zero-order valence-electron chi connectivity index (χ0n) is 11.3. The topological polar surface area (TPSA) is 41.6 Å².